The van der Waals surface area contributed by atoms with Crippen LogP contribution < -0.4 is 5.73 Å². The van der Waals surface area contributed by atoms with Crippen molar-refractivity contribution >= 4 is 16.5 Å². The molecular weight excluding hydrogens is 248 g/mol. The highest BCUT2D eigenvalue weighted by Crippen LogP contribution is 2.25. The molecule has 0 aliphatic heterocycles. The van der Waals surface area contributed by atoms with Crippen molar-refractivity contribution in [3.05, 3.63) is 35.2 Å². The van der Waals surface area contributed by atoms with Crippen LogP contribution in [0.25, 0.3) is 23.0 Å². The minimum absolute atomic E-state index is 0.390. The van der Waals surface area contributed by atoms with Gasteiger partial charge in [0.1, 0.15) is 5.69 Å². The van der Waals surface area contributed by atoms with Crippen LogP contribution in [-0.4, -0.2) is 15.1 Å². The molecule has 0 saturated carbocycles. The molecule has 3 aromatic rings. The largest absolute Gasteiger partial charge is 0.375 e. The molecule has 0 spiro atoms. The second-order valence-electron chi connectivity index (χ2n) is 3.81. The van der Waals surface area contributed by atoms with Gasteiger partial charge >= 0.3 is 0 Å². The zero-order chi connectivity index (χ0) is 12.5. The Hall–Kier alpha value is -2.21. The molecule has 0 amide bonds. The van der Waals surface area contributed by atoms with Gasteiger partial charge in [0, 0.05) is 10.9 Å². The van der Waals surface area contributed by atoms with Crippen molar-refractivity contribution in [2.45, 2.75) is 6.92 Å². The molecule has 0 aliphatic rings. The van der Waals surface area contributed by atoms with Gasteiger partial charge in [0.05, 0.1) is 0 Å². The third-order valence-electron chi connectivity index (χ3n) is 2.55. The van der Waals surface area contributed by atoms with Gasteiger partial charge in [-0.15, -0.1) is 11.3 Å². The molecule has 0 aliphatic carbocycles. The summed E-state index contributed by atoms with van der Waals surface area (Å²) in [7, 11) is 0. The fraction of sp³-hybridized carbons (Fsp3) is 0.0833. The van der Waals surface area contributed by atoms with E-state index in [1.54, 1.807) is 5.38 Å². The van der Waals surface area contributed by atoms with Gasteiger partial charge in [0.2, 0.25) is 5.82 Å². The molecule has 0 fully saturated rings. The van der Waals surface area contributed by atoms with Gasteiger partial charge in [-0.2, -0.15) is 4.98 Å². The topological polar surface area (TPSA) is 77.8 Å². The lowest BCUT2D eigenvalue weighted by Gasteiger charge is -1.97. The molecule has 0 unspecified atom stereocenters. The van der Waals surface area contributed by atoms with Crippen LogP contribution >= 0.6 is 11.3 Å². The summed E-state index contributed by atoms with van der Waals surface area (Å²) in [5.41, 5.74) is 8.25. The van der Waals surface area contributed by atoms with Crippen LogP contribution in [0.5, 0.6) is 0 Å². The number of hydrogen-bond donors (Lipinski definition) is 1. The second kappa shape index (κ2) is 4.23. The van der Waals surface area contributed by atoms with E-state index in [1.165, 1.54) is 11.3 Å². The third-order valence-corrected chi connectivity index (χ3v) is 3.23. The van der Waals surface area contributed by atoms with Crippen molar-refractivity contribution in [3.8, 4) is 23.0 Å². The first kappa shape index (κ1) is 10.9. The van der Waals surface area contributed by atoms with Crippen molar-refractivity contribution in [2.75, 3.05) is 5.73 Å². The summed E-state index contributed by atoms with van der Waals surface area (Å²) in [5, 5.41) is 6.25. The smallest absolute Gasteiger partial charge is 0.277 e. The van der Waals surface area contributed by atoms with Crippen LogP contribution in [0.4, 0.5) is 5.13 Å². The Morgan fingerprint density at radius 1 is 1.22 bits per heavy atom. The molecule has 6 heteroatoms. The number of nitrogens with two attached hydrogens (primary N) is 1. The van der Waals surface area contributed by atoms with E-state index < -0.39 is 0 Å². The van der Waals surface area contributed by atoms with Gasteiger partial charge in [-0.3, -0.25) is 0 Å². The van der Waals surface area contributed by atoms with Crippen LogP contribution in [0, 0.1) is 6.92 Å². The first-order valence-corrected chi connectivity index (χ1v) is 6.23. The Morgan fingerprint density at radius 3 is 2.78 bits per heavy atom. The highest BCUT2D eigenvalue weighted by Gasteiger charge is 2.13. The van der Waals surface area contributed by atoms with Crippen LogP contribution in [0.15, 0.2) is 34.2 Å². The predicted molar refractivity (Wildman–Crippen MR) is 70.0 cm³/mol. The van der Waals surface area contributed by atoms with E-state index >= 15 is 0 Å². The van der Waals surface area contributed by atoms with Crippen LogP contribution in [0.1, 0.15) is 5.56 Å². The molecular formula is C12H10N4OS. The maximum Gasteiger partial charge on any atom is 0.277 e. The maximum absolute atomic E-state index is 5.58. The second-order valence-corrected chi connectivity index (χ2v) is 4.70. The average Bonchev–Trinajstić information content (AvgIpc) is 2.98. The summed E-state index contributed by atoms with van der Waals surface area (Å²) in [6, 6.07) is 7.88. The quantitative estimate of drug-likeness (QED) is 0.764. The minimum Gasteiger partial charge on any atom is -0.375 e. The van der Waals surface area contributed by atoms with E-state index in [4.69, 9.17) is 10.3 Å². The van der Waals surface area contributed by atoms with Crippen LogP contribution in [-0.2, 0) is 0 Å². The summed E-state index contributed by atoms with van der Waals surface area (Å²) in [6.07, 6.45) is 0. The molecule has 0 bridgehead atoms. The average molecular weight is 258 g/mol. The van der Waals surface area contributed by atoms with Crippen LogP contribution in [0.2, 0.25) is 0 Å². The lowest BCUT2D eigenvalue weighted by molar-refractivity contribution is 0.431. The Balaban J connectivity index is 2.02. The molecule has 2 heterocycles. The van der Waals surface area contributed by atoms with E-state index in [9.17, 15) is 0 Å². The highest BCUT2D eigenvalue weighted by atomic mass is 32.1. The van der Waals surface area contributed by atoms with Crippen molar-refractivity contribution in [2.24, 2.45) is 0 Å². The fourth-order valence-electron chi connectivity index (χ4n) is 1.65. The Labute approximate surface area is 107 Å². The van der Waals surface area contributed by atoms with E-state index in [2.05, 4.69) is 15.1 Å². The van der Waals surface area contributed by atoms with Crippen molar-refractivity contribution in [1.29, 1.82) is 0 Å². The molecule has 0 atom stereocenters. The standard InChI is InChI=1S/C12H10N4OS/c1-7-4-2-3-5-8(7)10-15-11(17-16-10)9-6-18-12(13)14-9/h2-6H,1H3,(H2,13,14). The van der Waals surface area contributed by atoms with Crippen molar-refractivity contribution in [1.82, 2.24) is 15.1 Å². The van der Waals surface area contributed by atoms with Crippen molar-refractivity contribution in [3.63, 3.8) is 0 Å². The van der Waals surface area contributed by atoms with Crippen LogP contribution in [0.3, 0.4) is 0 Å². The van der Waals surface area contributed by atoms with Gasteiger partial charge < -0.3 is 10.3 Å². The number of nitrogen functional groups attached to an aromatic ring is 1. The molecule has 0 saturated heterocycles. The molecule has 5 nitrogen and oxygen atoms in total. The van der Waals surface area contributed by atoms with Gasteiger partial charge in [-0.25, -0.2) is 4.98 Å². The number of hydrogen-bond acceptors (Lipinski definition) is 6. The number of aromatic nitrogens is 3. The van der Waals surface area contributed by atoms with E-state index in [-0.39, 0.29) is 0 Å². The molecule has 1 aromatic carbocycles. The number of thiazole rings is 1. The molecule has 2 aromatic heterocycles. The minimum atomic E-state index is 0.390. The van der Waals surface area contributed by atoms with Gasteiger partial charge in [-0.1, -0.05) is 29.4 Å². The van der Waals surface area contributed by atoms with Gasteiger partial charge in [0.15, 0.2) is 5.13 Å². The van der Waals surface area contributed by atoms with E-state index in [0.29, 0.717) is 22.5 Å². The zero-order valence-corrected chi connectivity index (χ0v) is 10.4. The predicted octanol–water partition coefficient (Wildman–Crippen LogP) is 2.75. The Kier molecular flexibility index (Phi) is 2.56. The Bertz CT molecular complexity index is 689. The summed E-state index contributed by atoms with van der Waals surface area (Å²) in [4.78, 5) is 8.45. The zero-order valence-electron chi connectivity index (χ0n) is 9.62. The maximum atomic E-state index is 5.58. The number of aryl methyl sites for hydroxylation is 1. The lowest BCUT2D eigenvalue weighted by atomic mass is 10.1. The molecule has 2 N–H and O–H groups in total. The molecule has 0 radical (unpaired) electrons. The van der Waals surface area contributed by atoms with E-state index in [1.807, 2.05) is 31.2 Å². The lowest BCUT2D eigenvalue weighted by Crippen LogP contribution is -1.85. The fourth-order valence-corrected chi connectivity index (χ4v) is 2.18. The first-order valence-electron chi connectivity index (χ1n) is 5.35. The number of rotatable bonds is 2. The summed E-state index contributed by atoms with van der Waals surface area (Å²) < 4.78 is 5.20. The third kappa shape index (κ3) is 1.86. The summed E-state index contributed by atoms with van der Waals surface area (Å²) >= 11 is 1.35. The monoisotopic (exact) mass is 258 g/mol. The first-order chi connectivity index (χ1) is 8.74. The summed E-state index contributed by atoms with van der Waals surface area (Å²) in [6.45, 7) is 2.01. The number of anilines is 1. The molecule has 90 valence electrons. The molecule has 18 heavy (non-hydrogen) atoms. The highest BCUT2D eigenvalue weighted by molar-refractivity contribution is 7.13. The molecule has 3 rings (SSSR count). The normalized spacial score (nSPS) is 10.7. The van der Waals surface area contributed by atoms with Gasteiger partial charge in [-0.05, 0) is 12.5 Å². The SMILES string of the molecule is Cc1ccccc1-c1noc(-c2csc(N)n2)n1. The van der Waals surface area contributed by atoms with E-state index in [0.717, 1.165) is 11.1 Å². The van der Waals surface area contributed by atoms with Gasteiger partial charge in [0.25, 0.3) is 5.89 Å². The number of benzene rings is 1. The summed E-state index contributed by atoms with van der Waals surface area (Å²) in [5.74, 6) is 0.955. The Morgan fingerprint density at radius 2 is 2.06 bits per heavy atom. The van der Waals surface area contributed by atoms with Crippen molar-refractivity contribution < 1.29 is 4.52 Å². The number of nitrogens with zero attached hydrogens (tertiary/aromatic N) is 3.